The van der Waals surface area contributed by atoms with Gasteiger partial charge in [-0.1, -0.05) is 17.7 Å². The molecule has 2 aromatic rings. The molecule has 2 rings (SSSR count). The lowest BCUT2D eigenvalue weighted by Gasteiger charge is -2.15. The zero-order valence-corrected chi connectivity index (χ0v) is 13.2. The number of urea groups is 1. The average Bonchev–Trinajstić information content (AvgIpc) is 2.95. The minimum Gasteiger partial charge on any atom is -0.489 e. The maximum absolute atomic E-state index is 11.8. The molecule has 0 aliphatic heterocycles. The van der Waals surface area contributed by atoms with Crippen molar-refractivity contribution < 1.29 is 9.53 Å². The number of rotatable bonds is 6. The highest BCUT2D eigenvalue weighted by Crippen LogP contribution is 2.13. The number of aryl methyl sites for hydroxylation is 2. The average molecular weight is 302 g/mol. The zero-order chi connectivity index (χ0) is 15.9. The number of hydrogen-bond acceptors (Lipinski definition) is 3. The molecule has 0 aliphatic rings. The van der Waals surface area contributed by atoms with Crippen LogP contribution in [0, 0.1) is 6.92 Å². The molecular formula is C16H22N4O2. The van der Waals surface area contributed by atoms with Crippen molar-refractivity contribution in [2.24, 2.45) is 0 Å². The highest BCUT2D eigenvalue weighted by atomic mass is 16.5. The molecule has 0 saturated carbocycles. The SMILES string of the molecule is CCn1cc(NC(=O)NC[C@@H](C)Oc2ccc(C)cc2)cn1. The van der Waals surface area contributed by atoms with E-state index in [-0.39, 0.29) is 12.1 Å². The Bertz CT molecular complexity index is 607. The summed E-state index contributed by atoms with van der Waals surface area (Å²) in [4.78, 5) is 11.8. The second-order valence-electron chi connectivity index (χ2n) is 5.16. The van der Waals surface area contributed by atoms with Crippen molar-refractivity contribution in [3.8, 4) is 5.75 Å². The Morgan fingerprint density at radius 1 is 1.36 bits per heavy atom. The molecule has 0 aliphatic carbocycles. The predicted octanol–water partition coefficient (Wildman–Crippen LogP) is 2.80. The smallest absolute Gasteiger partial charge is 0.319 e. The van der Waals surface area contributed by atoms with E-state index in [4.69, 9.17) is 4.74 Å². The van der Waals surface area contributed by atoms with Crippen molar-refractivity contribution in [3.63, 3.8) is 0 Å². The van der Waals surface area contributed by atoms with E-state index in [9.17, 15) is 4.79 Å². The lowest BCUT2D eigenvalue weighted by molar-refractivity contribution is 0.212. The van der Waals surface area contributed by atoms with Crippen LogP contribution in [0.25, 0.3) is 0 Å². The van der Waals surface area contributed by atoms with Gasteiger partial charge in [-0.2, -0.15) is 5.10 Å². The molecular weight excluding hydrogens is 280 g/mol. The molecule has 6 nitrogen and oxygen atoms in total. The van der Waals surface area contributed by atoms with Crippen LogP contribution in [0.2, 0.25) is 0 Å². The van der Waals surface area contributed by atoms with Crippen LogP contribution in [0.1, 0.15) is 19.4 Å². The van der Waals surface area contributed by atoms with Gasteiger partial charge in [0, 0.05) is 12.7 Å². The van der Waals surface area contributed by atoms with Crippen molar-refractivity contribution in [2.75, 3.05) is 11.9 Å². The van der Waals surface area contributed by atoms with Gasteiger partial charge in [0.25, 0.3) is 0 Å². The molecule has 0 unspecified atom stereocenters. The highest BCUT2D eigenvalue weighted by Gasteiger charge is 2.08. The maximum atomic E-state index is 11.8. The van der Waals surface area contributed by atoms with Crippen LogP contribution in [0.4, 0.5) is 10.5 Å². The Kier molecular flexibility index (Phi) is 5.41. The molecule has 1 aromatic heterocycles. The van der Waals surface area contributed by atoms with E-state index < -0.39 is 0 Å². The summed E-state index contributed by atoms with van der Waals surface area (Å²) < 4.78 is 7.48. The third-order valence-corrected chi connectivity index (χ3v) is 3.12. The molecule has 2 N–H and O–H groups in total. The Morgan fingerprint density at radius 2 is 2.09 bits per heavy atom. The van der Waals surface area contributed by atoms with E-state index in [1.807, 2.05) is 45.0 Å². The zero-order valence-electron chi connectivity index (χ0n) is 13.2. The first kappa shape index (κ1) is 15.9. The third kappa shape index (κ3) is 4.80. The van der Waals surface area contributed by atoms with E-state index in [2.05, 4.69) is 15.7 Å². The molecule has 2 amide bonds. The number of amides is 2. The van der Waals surface area contributed by atoms with Crippen LogP contribution < -0.4 is 15.4 Å². The largest absolute Gasteiger partial charge is 0.489 e. The summed E-state index contributed by atoms with van der Waals surface area (Å²) in [6.07, 6.45) is 3.29. The number of nitrogens with zero attached hydrogens (tertiary/aromatic N) is 2. The number of ether oxygens (including phenoxy) is 1. The molecule has 1 atom stereocenters. The van der Waals surface area contributed by atoms with Gasteiger partial charge in [-0.3, -0.25) is 4.68 Å². The Morgan fingerprint density at radius 3 is 2.73 bits per heavy atom. The molecule has 22 heavy (non-hydrogen) atoms. The van der Waals surface area contributed by atoms with Gasteiger partial charge in [0.1, 0.15) is 11.9 Å². The van der Waals surface area contributed by atoms with Crippen LogP contribution in [-0.2, 0) is 6.54 Å². The summed E-state index contributed by atoms with van der Waals surface area (Å²) in [6, 6.07) is 7.56. The second kappa shape index (κ2) is 7.49. The number of hydrogen-bond donors (Lipinski definition) is 2. The van der Waals surface area contributed by atoms with Crippen molar-refractivity contribution in [1.29, 1.82) is 0 Å². The van der Waals surface area contributed by atoms with E-state index >= 15 is 0 Å². The minimum atomic E-state index is -0.269. The van der Waals surface area contributed by atoms with Crippen LogP contribution >= 0.6 is 0 Å². The van der Waals surface area contributed by atoms with Gasteiger partial charge in [0.05, 0.1) is 18.4 Å². The molecule has 0 radical (unpaired) electrons. The van der Waals surface area contributed by atoms with E-state index in [1.165, 1.54) is 5.56 Å². The highest BCUT2D eigenvalue weighted by molar-refractivity contribution is 5.88. The second-order valence-corrected chi connectivity index (χ2v) is 5.16. The lowest BCUT2D eigenvalue weighted by atomic mass is 10.2. The van der Waals surface area contributed by atoms with Crippen LogP contribution in [-0.4, -0.2) is 28.5 Å². The van der Waals surface area contributed by atoms with Gasteiger partial charge >= 0.3 is 6.03 Å². The summed E-state index contributed by atoms with van der Waals surface area (Å²) in [6.45, 7) is 7.11. The molecule has 118 valence electrons. The van der Waals surface area contributed by atoms with Crippen LogP contribution in [0.5, 0.6) is 5.75 Å². The molecule has 1 heterocycles. The Hall–Kier alpha value is -2.50. The number of nitrogens with one attached hydrogen (secondary N) is 2. The third-order valence-electron chi connectivity index (χ3n) is 3.12. The van der Waals surface area contributed by atoms with Crippen LogP contribution in [0.3, 0.4) is 0 Å². The minimum absolute atomic E-state index is 0.119. The first-order valence-electron chi connectivity index (χ1n) is 7.37. The summed E-state index contributed by atoms with van der Waals surface area (Å²) >= 11 is 0. The number of carbonyl (C=O) groups is 1. The maximum Gasteiger partial charge on any atom is 0.319 e. The lowest BCUT2D eigenvalue weighted by Crippen LogP contribution is -2.36. The van der Waals surface area contributed by atoms with Gasteiger partial charge in [0.15, 0.2) is 0 Å². The van der Waals surface area contributed by atoms with E-state index in [1.54, 1.807) is 17.1 Å². The van der Waals surface area contributed by atoms with Gasteiger partial charge in [-0.15, -0.1) is 0 Å². The van der Waals surface area contributed by atoms with Crippen molar-refractivity contribution in [2.45, 2.75) is 33.4 Å². The van der Waals surface area contributed by atoms with Crippen LogP contribution in [0.15, 0.2) is 36.7 Å². The van der Waals surface area contributed by atoms with Gasteiger partial charge in [-0.25, -0.2) is 4.79 Å². The standard InChI is InChI=1S/C16H22N4O2/c1-4-20-11-14(10-18-20)19-16(21)17-9-13(3)22-15-7-5-12(2)6-8-15/h5-8,10-11,13H,4,9H2,1-3H3,(H2,17,19,21)/t13-/m1/s1. The predicted molar refractivity (Wildman–Crippen MR) is 86.2 cm³/mol. The normalized spacial score (nSPS) is 11.8. The monoisotopic (exact) mass is 302 g/mol. The summed E-state index contributed by atoms with van der Waals surface area (Å²) in [5.74, 6) is 0.796. The van der Waals surface area contributed by atoms with Crippen molar-refractivity contribution in [1.82, 2.24) is 15.1 Å². The number of carbonyl (C=O) groups excluding carboxylic acids is 1. The topological polar surface area (TPSA) is 68.2 Å². The van der Waals surface area contributed by atoms with Crippen molar-refractivity contribution >= 4 is 11.7 Å². The molecule has 0 saturated heterocycles. The fraction of sp³-hybridized carbons (Fsp3) is 0.375. The Labute approximate surface area is 130 Å². The molecule has 6 heteroatoms. The molecule has 0 fully saturated rings. The molecule has 1 aromatic carbocycles. The van der Waals surface area contributed by atoms with Crippen molar-refractivity contribution in [3.05, 3.63) is 42.2 Å². The Balaban J connectivity index is 1.74. The van der Waals surface area contributed by atoms with Gasteiger partial charge in [-0.05, 0) is 32.9 Å². The first-order valence-corrected chi connectivity index (χ1v) is 7.37. The number of aromatic nitrogens is 2. The van der Waals surface area contributed by atoms with Gasteiger partial charge in [0.2, 0.25) is 0 Å². The van der Waals surface area contributed by atoms with Gasteiger partial charge < -0.3 is 15.4 Å². The first-order chi connectivity index (χ1) is 10.6. The van der Waals surface area contributed by atoms with E-state index in [0.29, 0.717) is 12.2 Å². The molecule has 0 spiro atoms. The summed E-state index contributed by atoms with van der Waals surface area (Å²) in [5.41, 5.74) is 1.86. The fourth-order valence-electron chi connectivity index (χ4n) is 1.90. The fourth-order valence-corrected chi connectivity index (χ4v) is 1.90. The summed E-state index contributed by atoms with van der Waals surface area (Å²) in [5, 5.41) is 9.61. The quantitative estimate of drug-likeness (QED) is 0.862. The van der Waals surface area contributed by atoms with E-state index in [0.717, 1.165) is 12.3 Å². The number of benzene rings is 1. The number of anilines is 1. The molecule has 0 bridgehead atoms. The summed E-state index contributed by atoms with van der Waals surface area (Å²) in [7, 11) is 0.